The van der Waals surface area contributed by atoms with Gasteiger partial charge >= 0.3 is 0 Å². The zero-order chi connectivity index (χ0) is 21.5. The zero-order valence-electron chi connectivity index (χ0n) is 19.3. The minimum Gasteiger partial charge on any atom is -0.373 e. The lowest BCUT2D eigenvalue weighted by atomic mass is 9.72. The molecule has 0 aromatic carbocycles. The van der Waals surface area contributed by atoms with Crippen LogP contribution in [0.3, 0.4) is 0 Å². The van der Waals surface area contributed by atoms with E-state index in [4.69, 9.17) is 4.74 Å². The summed E-state index contributed by atoms with van der Waals surface area (Å²) in [6, 6.07) is 7.43. The lowest BCUT2D eigenvalue weighted by Crippen LogP contribution is -2.58. The molecule has 0 spiro atoms. The van der Waals surface area contributed by atoms with E-state index in [0.717, 1.165) is 50.6 Å². The SMILES string of the molecule is CCN1C(C2CN(C(=O)[C@@H]3[C@H]4CC[C@H]4CN3C(C)C)CCO2)CC[C@@H]1c1ccccn1. The van der Waals surface area contributed by atoms with E-state index in [1.54, 1.807) is 0 Å². The molecule has 4 aliphatic rings. The highest BCUT2D eigenvalue weighted by Gasteiger charge is 2.52. The molecule has 1 amide bonds. The topological polar surface area (TPSA) is 48.9 Å². The molecule has 6 heteroatoms. The van der Waals surface area contributed by atoms with Crippen LogP contribution in [0.5, 0.6) is 0 Å². The smallest absolute Gasteiger partial charge is 0.240 e. The van der Waals surface area contributed by atoms with Crippen LogP contribution in [0.25, 0.3) is 0 Å². The van der Waals surface area contributed by atoms with Crippen molar-refractivity contribution in [1.82, 2.24) is 19.7 Å². The zero-order valence-corrected chi connectivity index (χ0v) is 19.3. The number of nitrogens with zero attached hydrogens (tertiary/aromatic N) is 4. The first-order chi connectivity index (χ1) is 15.1. The third kappa shape index (κ3) is 3.81. The predicted octanol–water partition coefficient (Wildman–Crippen LogP) is 2.95. The van der Waals surface area contributed by atoms with Crippen molar-refractivity contribution in [3.05, 3.63) is 30.1 Å². The summed E-state index contributed by atoms with van der Waals surface area (Å²) in [6.07, 6.45) is 6.72. The van der Waals surface area contributed by atoms with Crippen LogP contribution in [0.15, 0.2) is 24.4 Å². The van der Waals surface area contributed by atoms with Crippen molar-refractivity contribution >= 4 is 5.91 Å². The molecule has 6 nitrogen and oxygen atoms in total. The molecule has 2 unspecified atom stereocenters. The van der Waals surface area contributed by atoms with Crippen LogP contribution in [0.2, 0.25) is 0 Å². The number of hydrogen-bond acceptors (Lipinski definition) is 5. The summed E-state index contributed by atoms with van der Waals surface area (Å²) in [6.45, 7) is 10.9. The molecule has 170 valence electrons. The Kier molecular flexibility index (Phi) is 6.06. The lowest BCUT2D eigenvalue weighted by Gasteiger charge is -2.42. The first kappa shape index (κ1) is 21.4. The number of amides is 1. The molecule has 1 aliphatic carbocycles. The molecule has 3 saturated heterocycles. The second-order valence-electron chi connectivity index (χ2n) is 10.2. The second kappa shape index (κ2) is 8.80. The fourth-order valence-electron chi connectivity index (χ4n) is 6.66. The van der Waals surface area contributed by atoms with Gasteiger partial charge in [0.25, 0.3) is 0 Å². The van der Waals surface area contributed by atoms with Gasteiger partial charge in [0.05, 0.1) is 30.5 Å². The van der Waals surface area contributed by atoms with Crippen LogP contribution >= 0.6 is 0 Å². The molecule has 1 aromatic rings. The summed E-state index contributed by atoms with van der Waals surface area (Å²) < 4.78 is 6.29. The summed E-state index contributed by atoms with van der Waals surface area (Å²) >= 11 is 0. The van der Waals surface area contributed by atoms with Gasteiger partial charge in [-0.2, -0.15) is 0 Å². The number of morpholine rings is 1. The molecule has 31 heavy (non-hydrogen) atoms. The Morgan fingerprint density at radius 2 is 2.06 bits per heavy atom. The van der Waals surface area contributed by atoms with Crippen LogP contribution in [0.4, 0.5) is 0 Å². The van der Waals surface area contributed by atoms with E-state index >= 15 is 0 Å². The van der Waals surface area contributed by atoms with Crippen molar-refractivity contribution in [2.75, 3.05) is 32.8 Å². The maximum atomic E-state index is 13.7. The molecule has 1 aromatic heterocycles. The molecular weight excluding hydrogens is 388 g/mol. The van der Waals surface area contributed by atoms with E-state index in [1.807, 2.05) is 12.3 Å². The van der Waals surface area contributed by atoms with Gasteiger partial charge in [-0.25, -0.2) is 0 Å². The van der Waals surface area contributed by atoms with Crippen molar-refractivity contribution in [2.24, 2.45) is 11.8 Å². The summed E-state index contributed by atoms with van der Waals surface area (Å²) in [5.41, 5.74) is 1.16. The molecule has 5 rings (SSSR count). The summed E-state index contributed by atoms with van der Waals surface area (Å²) in [4.78, 5) is 25.5. The number of likely N-dealkylation sites (tertiary alicyclic amines) is 2. The van der Waals surface area contributed by atoms with Gasteiger partial charge in [0.15, 0.2) is 0 Å². The maximum absolute atomic E-state index is 13.7. The number of carbonyl (C=O) groups is 1. The first-order valence-electron chi connectivity index (χ1n) is 12.4. The number of rotatable bonds is 5. The van der Waals surface area contributed by atoms with Gasteiger partial charge in [0.1, 0.15) is 0 Å². The van der Waals surface area contributed by atoms with Crippen LogP contribution in [0.1, 0.15) is 58.2 Å². The number of carbonyl (C=O) groups excluding carboxylic acids is 1. The van der Waals surface area contributed by atoms with E-state index in [9.17, 15) is 4.79 Å². The Bertz CT molecular complexity index is 772. The largest absolute Gasteiger partial charge is 0.373 e. The Balaban J connectivity index is 1.28. The monoisotopic (exact) mass is 426 g/mol. The number of pyridine rings is 1. The maximum Gasteiger partial charge on any atom is 0.240 e. The highest BCUT2D eigenvalue weighted by atomic mass is 16.5. The van der Waals surface area contributed by atoms with E-state index < -0.39 is 0 Å². The number of ether oxygens (including phenoxy) is 1. The van der Waals surface area contributed by atoms with Crippen molar-refractivity contribution < 1.29 is 9.53 Å². The third-order valence-electron chi connectivity index (χ3n) is 8.39. The normalized spacial score (nSPS) is 36.6. The van der Waals surface area contributed by atoms with Crippen molar-refractivity contribution in [3.8, 4) is 0 Å². The minimum atomic E-state index is 0.0876. The molecular formula is C25H38N4O2. The molecule has 0 radical (unpaired) electrons. The van der Waals surface area contributed by atoms with Gasteiger partial charge in [-0.3, -0.25) is 19.6 Å². The number of aromatic nitrogens is 1. The Labute approximate surface area is 186 Å². The fraction of sp³-hybridized carbons (Fsp3) is 0.760. The molecule has 4 fully saturated rings. The average molecular weight is 427 g/mol. The molecule has 6 atom stereocenters. The van der Waals surface area contributed by atoms with Gasteiger partial charge in [0.2, 0.25) is 5.91 Å². The number of fused-ring (bicyclic) bond motifs is 1. The molecule has 0 N–H and O–H groups in total. The Morgan fingerprint density at radius 1 is 1.19 bits per heavy atom. The molecule has 1 saturated carbocycles. The first-order valence-corrected chi connectivity index (χ1v) is 12.4. The fourth-order valence-corrected chi connectivity index (χ4v) is 6.66. The van der Waals surface area contributed by atoms with Gasteiger partial charge < -0.3 is 9.64 Å². The van der Waals surface area contributed by atoms with Crippen LogP contribution in [-0.2, 0) is 9.53 Å². The van der Waals surface area contributed by atoms with E-state index in [2.05, 4.69) is 52.6 Å². The van der Waals surface area contributed by atoms with Gasteiger partial charge in [-0.1, -0.05) is 13.0 Å². The van der Waals surface area contributed by atoms with E-state index in [0.29, 0.717) is 36.6 Å². The quantitative estimate of drug-likeness (QED) is 0.725. The number of hydrogen-bond donors (Lipinski definition) is 0. The van der Waals surface area contributed by atoms with Gasteiger partial charge in [0, 0.05) is 37.9 Å². The van der Waals surface area contributed by atoms with E-state index in [-0.39, 0.29) is 12.1 Å². The Morgan fingerprint density at radius 3 is 2.74 bits per heavy atom. The van der Waals surface area contributed by atoms with Crippen molar-refractivity contribution in [1.29, 1.82) is 0 Å². The minimum absolute atomic E-state index is 0.0876. The predicted molar refractivity (Wildman–Crippen MR) is 121 cm³/mol. The van der Waals surface area contributed by atoms with Crippen LogP contribution < -0.4 is 0 Å². The standard InChI is InChI=1S/C25H38N4O2/c1-4-28-21(20-7-5-6-12-26-20)10-11-22(28)23-16-27(13-14-31-23)25(30)24-19-9-8-18(19)15-29(24)17(2)3/h5-7,12,17-19,21-24H,4,8-11,13-16H2,1-3H3/t18-,19-,21+,22?,23?,24-/m0/s1. The highest BCUT2D eigenvalue weighted by molar-refractivity contribution is 5.83. The van der Waals surface area contributed by atoms with Crippen LogP contribution in [-0.4, -0.2) is 82.6 Å². The van der Waals surface area contributed by atoms with Gasteiger partial charge in [-0.15, -0.1) is 0 Å². The lowest BCUT2D eigenvalue weighted by molar-refractivity contribution is -0.148. The third-order valence-corrected chi connectivity index (χ3v) is 8.39. The summed E-state index contributed by atoms with van der Waals surface area (Å²) in [5, 5.41) is 0. The molecule has 0 bridgehead atoms. The molecule has 4 heterocycles. The summed E-state index contributed by atoms with van der Waals surface area (Å²) in [5.74, 6) is 1.66. The second-order valence-corrected chi connectivity index (χ2v) is 10.2. The number of likely N-dealkylation sites (N-methyl/N-ethyl adjacent to an activating group) is 1. The van der Waals surface area contributed by atoms with Gasteiger partial charge in [-0.05, 0) is 70.0 Å². The molecule has 3 aliphatic heterocycles. The summed E-state index contributed by atoms with van der Waals surface area (Å²) in [7, 11) is 0. The highest BCUT2D eigenvalue weighted by Crippen LogP contribution is 2.46. The van der Waals surface area contributed by atoms with Crippen molar-refractivity contribution in [3.63, 3.8) is 0 Å². The van der Waals surface area contributed by atoms with Crippen molar-refractivity contribution in [2.45, 2.75) is 76.7 Å². The Hall–Kier alpha value is -1.50. The van der Waals surface area contributed by atoms with E-state index in [1.165, 1.54) is 12.8 Å². The van der Waals surface area contributed by atoms with Crippen LogP contribution in [0, 0.1) is 11.8 Å². The average Bonchev–Trinajstić information content (AvgIpc) is 3.32.